The van der Waals surface area contributed by atoms with Gasteiger partial charge in [-0.1, -0.05) is 6.42 Å². The molecular formula is C14H17FN2O2. The maximum absolute atomic E-state index is 13.4. The molecule has 19 heavy (non-hydrogen) atoms. The molecular weight excluding hydrogens is 247 g/mol. The van der Waals surface area contributed by atoms with Crippen LogP contribution in [0.4, 0.5) is 15.8 Å². The van der Waals surface area contributed by atoms with Gasteiger partial charge in [0.1, 0.15) is 11.4 Å². The van der Waals surface area contributed by atoms with Gasteiger partial charge in [0.2, 0.25) is 0 Å². The third-order valence-corrected chi connectivity index (χ3v) is 4.49. The molecule has 3 atom stereocenters. The van der Waals surface area contributed by atoms with Crippen LogP contribution < -0.4 is 11.1 Å². The van der Waals surface area contributed by atoms with Gasteiger partial charge in [0.15, 0.2) is 0 Å². The fourth-order valence-electron chi connectivity index (χ4n) is 3.57. The average Bonchev–Trinajstić information content (AvgIpc) is 2.95. The number of carbonyl (C=O) groups is 1. The average molecular weight is 264 g/mol. The quantitative estimate of drug-likeness (QED) is 0.734. The second-order valence-corrected chi connectivity index (χ2v) is 5.61. The molecule has 1 aromatic rings. The van der Waals surface area contributed by atoms with Crippen molar-refractivity contribution in [2.75, 3.05) is 11.1 Å². The smallest absolute Gasteiger partial charge is 0.340 e. The van der Waals surface area contributed by atoms with E-state index in [0.29, 0.717) is 17.6 Å². The van der Waals surface area contributed by atoms with Gasteiger partial charge < -0.3 is 16.2 Å². The molecule has 0 aliphatic heterocycles. The first kappa shape index (κ1) is 12.3. The number of hydrogen-bond acceptors (Lipinski definition) is 3. The Hall–Kier alpha value is -1.78. The molecule has 0 aromatic heterocycles. The molecule has 3 rings (SSSR count). The van der Waals surface area contributed by atoms with Crippen molar-refractivity contribution >= 4 is 17.3 Å². The van der Waals surface area contributed by atoms with Crippen LogP contribution in [0.2, 0.25) is 0 Å². The normalized spacial score (nSPS) is 28.6. The maximum atomic E-state index is 13.4. The van der Waals surface area contributed by atoms with E-state index >= 15 is 0 Å². The monoisotopic (exact) mass is 264 g/mol. The minimum absolute atomic E-state index is 0.150. The van der Waals surface area contributed by atoms with Crippen LogP contribution in [-0.4, -0.2) is 17.1 Å². The highest BCUT2D eigenvalue weighted by molar-refractivity contribution is 6.00. The van der Waals surface area contributed by atoms with Gasteiger partial charge in [0.25, 0.3) is 0 Å². The SMILES string of the molecule is Nc1c(F)ccc(NC2CC3CCC2C3)c1C(=O)O. The van der Waals surface area contributed by atoms with Crippen molar-refractivity contribution in [3.05, 3.63) is 23.5 Å². The molecule has 1 aromatic carbocycles. The molecule has 0 radical (unpaired) electrons. The summed E-state index contributed by atoms with van der Waals surface area (Å²) in [6.45, 7) is 0. The number of rotatable bonds is 3. The van der Waals surface area contributed by atoms with Crippen LogP contribution in [0.15, 0.2) is 12.1 Å². The summed E-state index contributed by atoms with van der Waals surface area (Å²) in [5.74, 6) is -0.509. The minimum atomic E-state index is -1.19. The number of nitrogens with one attached hydrogen (secondary N) is 1. The van der Waals surface area contributed by atoms with E-state index in [4.69, 9.17) is 5.73 Å². The van der Waals surface area contributed by atoms with E-state index in [-0.39, 0.29) is 11.3 Å². The Balaban J connectivity index is 1.88. The fraction of sp³-hybridized carbons (Fsp3) is 0.500. The summed E-state index contributed by atoms with van der Waals surface area (Å²) < 4.78 is 13.4. The standard InChI is InChI=1S/C14H17FN2O2/c15-9-3-4-10(12(13(9)16)14(18)19)17-11-6-7-1-2-8(11)5-7/h3-4,7-8,11,17H,1-2,5-6,16H2,(H,18,19). The number of nitrogen functional groups attached to an aromatic ring is 1. The van der Waals surface area contributed by atoms with Crippen molar-refractivity contribution in [3.63, 3.8) is 0 Å². The Kier molecular flexibility index (Phi) is 2.84. The van der Waals surface area contributed by atoms with E-state index in [9.17, 15) is 14.3 Å². The lowest BCUT2D eigenvalue weighted by molar-refractivity contribution is 0.0698. The summed E-state index contributed by atoms with van der Waals surface area (Å²) in [5, 5.41) is 12.5. The molecule has 0 heterocycles. The van der Waals surface area contributed by atoms with Crippen molar-refractivity contribution in [2.45, 2.75) is 31.7 Å². The van der Waals surface area contributed by atoms with E-state index < -0.39 is 11.8 Å². The number of carboxylic acids is 1. The van der Waals surface area contributed by atoms with Crippen molar-refractivity contribution in [3.8, 4) is 0 Å². The number of fused-ring (bicyclic) bond motifs is 2. The molecule has 3 unspecified atom stereocenters. The maximum Gasteiger partial charge on any atom is 0.340 e. The molecule has 0 saturated heterocycles. The second-order valence-electron chi connectivity index (χ2n) is 5.61. The number of benzene rings is 1. The van der Waals surface area contributed by atoms with Gasteiger partial charge in [-0.3, -0.25) is 0 Å². The highest BCUT2D eigenvalue weighted by Gasteiger charge is 2.39. The van der Waals surface area contributed by atoms with E-state index in [1.165, 1.54) is 31.4 Å². The highest BCUT2D eigenvalue weighted by Crippen LogP contribution is 2.46. The summed E-state index contributed by atoms with van der Waals surface area (Å²) in [6.07, 6.45) is 4.76. The fourth-order valence-corrected chi connectivity index (χ4v) is 3.57. The summed E-state index contributed by atoms with van der Waals surface area (Å²) in [7, 11) is 0. The van der Waals surface area contributed by atoms with Crippen molar-refractivity contribution in [1.29, 1.82) is 0 Å². The molecule has 0 amide bonds. The second kappa shape index (κ2) is 4.40. The van der Waals surface area contributed by atoms with Crippen molar-refractivity contribution in [2.24, 2.45) is 11.8 Å². The highest BCUT2D eigenvalue weighted by atomic mass is 19.1. The molecule has 4 N–H and O–H groups in total. The Morgan fingerprint density at radius 1 is 1.37 bits per heavy atom. The van der Waals surface area contributed by atoms with Gasteiger partial charge in [0.05, 0.1) is 11.4 Å². The largest absolute Gasteiger partial charge is 0.478 e. The van der Waals surface area contributed by atoms with Gasteiger partial charge >= 0.3 is 5.97 Å². The first-order chi connectivity index (χ1) is 9.06. The number of carboxylic acid groups (broad SMARTS) is 1. The van der Waals surface area contributed by atoms with E-state index in [0.717, 1.165) is 12.3 Å². The third kappa shape index (κ3) is 2.03. The topological polar surface area (TPSA) is 75.3 Å². The summed E-state index contributed by atoms with van der Waals surface area (Å²) in [4.78, 5) is 11.2. The molecule has 2 fully saturated rings. The Labute approximate surface area is 110 Å². The lowest BCUT2D eigenvalue weighted by Gasteiger charge is -2.25. The van der Waals surface area contributed by atoms with Crippen LogP contribution in [0.25, 0.3) is 0 Å². The van der Waals surface area contributed by atoms with Gasteiger partial charge in [-0.25, -0.2) is 9.18 Å². The number of hydrogen-bond donors (Lipinski definition) is 3. The van der Waals surface area contributed by atoms with Crippen LogP contribution in [0.5, 0.6) is 0 Å². The van der Waals surface area contributed by atoms with Crippen LogP contribution in [0.1, 0.15) is 36.0 Å². The van der Waals surface area contributed by atoms with Crippen LogP contribution >= 0.6 is 0 Å². The van der Waals surface area contributed by atoms with E-state index in [1.807, 2.05) is 0 Å². The van der Waals surface area contributed by atoms with E-state index in [2.05, 4.69) is 5.32 Å². The van der Waals surface area contributed by atoms with Gasteiger partial charge in [-0.05, 0) is 43.2 Å². The van der Waals surface area contributed by atoms with Gasteiger partial charge in [-0.15, -0.1) is 0 Å². The molecule has 2 bridgehead atoms. The molecule has 102 valence electrons. The van der Waals surface area contributed by atoms with Crippen LogP contribution in [0, 0.1) is 17.7 Å². The lowest BCUT2D eigenvalue weighted by Crippen LogP contribution is -2.27. The molecule has 2 aliphatic rings. The Morgan fingerprint density at radius 2 is 2.16 bits per heavy atom. The summed E-state index contributed by atoms with van der Waals surface area (Å²) in [5.41, 5.74) is 5.53. The number of aromatic carboxylic acids is 1. The molecule has 2 aliphatic carbocycles. The molecule has 2 saturated carbocycles. The number of nitrogens with two attached hydrogens (primary N) is 1. The first-order valence-electron chi connectivity index (χ1n) is 6.64. The minimum Gasteiger partial charge on any atom is -0.478 e. The Bertz CT molecular complexity index is 532. The number of anilines is 2. The van der Waals surface area contributed by atoms with Gasteiger partial charge in [-0.2, -0.15) is 0 Å². The van der Waals surface area contributed by atoms with Crippen molar-refractivity contribution < 1.29 is 14.3 Å². The van der Waals surface area contributed by atoms with Gasteiger partial charge in [0, 0.05) is 6.04 Å². The first-order valence-corrected chi connectivity index (χ1v) is 6.64. The Morgan fingerprint density at radius 3 is 2.74 bits per heavy atom. The predicted octanol–water partition coefficient (Wildman–Crippen LogP) is 2.71. The zero-order valence-electron chi connectivity index (χ0n) is 10.5. The zero-order valence-corrected chi connectivity index (χ0v) is 10.5. The summed E-state index contributed by atoms with van der Waals surface area (Å²) >= 11 is 0. The lowest BCUT2D eigenvalue weighted by atomic mass is 9.94. The van der Waals surface area contributed by atoms with Crippen molar-refractivity contribution in [1.82, 2.24) is 0 Å². The summed E-state index contributed by atoms with van der Waals surface area (Å²) in [6, 6.07) is 2.99. The molecule has 4 nitrogen and oxygen atoms in total. The van der Waals surface area contributed by atoms with E-state index in [1.54, 1.807) is 0 Å². The van der Waals surface area contributed by atoms with Crippen LogP contribution in [0.3, 0.4) is 0 Å². The zero-order chi connectivity index (χ0) is 13.6. The predicted molar refractivity (Wildman–Crippen MR) is 70.6 cm³/mol. The van der Waals surface area contributed by atoms with Crippen LogP contribution in [-0.2, 0) is 0 Å². The molecule has 5 heteroatoms. The number of halogens is 1. The molecule has 0 spiro atoms. The third-order valence-electron chi connectivity index (χ3n) is 4.49.